The van der Waals surface area contributed by atoms with Gasteiger partial charge in [0.05, 0.1) is 17.9 Å². The van der Waals surface area contributed by atoms with Crippen molar-refractivity contribution in [1.29, 1.82) is 0 Å². The molecule has 0 saturated carbocycles. The Bertz CT molecular complexity index is 477. The predicted molar refractivity (Wildman–Crippen MR) is 63.2 cm³/mol. The fourth-order valence-corrected chi connectivity index (χ4v) is 2.09. The molecule has 1 unspecified atom stereocenters. The van der Waals surface area contributed by atoms with Crippen molar-refractivity contribution in [3.8, 4) is 0 Å². The minimum Gasteiger partial charge on any atom is -0.396 e. The lowest BCUT2D eigenvalue weighted by molar-refractivity contribution is 0.0936. The Hall–Kier alpha value is -1.82. The van der Waals surface area contributed by atoms with Crippen molar-refractivity contribution >= 4 is 22.9 Å². The number of amides is 1. The first-order valence-electron chi connectivity index (χ1n) is 4.81. The summed E-state index contributed by atoms with van der Waals surface area (Å²) in [6.45, 7) is 1.93. The third kappa shape index (κ3) is 2.06. The van der Waals surface area contributed by atoms with Gasteiger partial charge in [0, 0.05) is 4.88 Å². The summed E-state index contributed by atoms with van der Waals surface area (Å²) in [4.78, 5) is 12.9. The number of hydrogen-bond acceptors (Lipinski definition) is 4. The molecule has 0 saturated heterocycles. The zero-order chi connectivity index (χ0) is 11.5. The predicted octanol–water partition coefficient (Wildman–Crippen LogP) is 1.54. The largest absolute Gasteiger partial charge is 0.396 e. The number of anilines is 1. The molecule has 0 spiro atoms. The van der Waals surface area contributed by atoms with Gasteiger partial charge in [-0.1, -0.05) is 6.07 Å². The number of carbonyl (C=O) groups is 1. The van der Waals surface area contributed by atoms with Crippen LogP contribution in [0.4, 0.5) is 5.69 Å². The summed E-state index contributed by atoms with van der Waals surface area (Å²) in [5.41, 5.74) is 6.25. The summed E-state index contributed by atoms with van der Waals surface area (Å²) in [6.07, 6.45) is 1.42. The van der Waals surface area contributed by atoms with Gasteiger partial charge in [-0.25, -0.2) is 0 Å². The average molecular weight is 236 g/mol. The van der Waals surface area contributed by atoms with E-state index in [1.165, 1.54) is 6.20 Å². The number of nitrogens with one attached hydrogen (secondary N) is 2. The van der Waals surface area contributed by atoms with Crippen molar-refractivity contribution in [2.75, 3.05) is 5.73 Å². The third-order valence-corrected chi connectivity index (χ3v) is 3.27. The molecule has 2 rings (SSSR count). The van der Waals surface area contributed by atoms with Gasteiger partial charge in [0.25, 0.3) is 5.91 Å². The van der Waals surface area contributed by atoms with Gasteiger partial charge in [0.2, 0.25) is 0 Å². The highest BCUT2D eigenvalue weighted by atomic mass is 32.1. The number of carbonyl (C=O) groups excluding carboxylic acids is 1. The molecule has 2 aromatic heterocycles. The second kappa shape index (κ2) is 4.36. The summed E-state index contributed by atoms with van der Waals surface area (Å²) < 4.78 is 0. The van der Waals surface area contributed by atoms with Gasteiger partial charge in [0.1, 0.15) is 5.69 Å². The number of thiophene rings is 1. The number of nitrogens with two attached hydrogens (primary N) is 1. The van der Waals surface area contributed by atoms with Crippen molar-refractivity contribution in [3.05, 3.63) is 34.3 Å². The van der Waals surface area contributed by atoms with Gasteiger partial charge in [-0.2, -0.15) is 5.10 Å². The monoisotopic (exact) mass is 236 g/mol. The summed E-state index contributed by atoms with van der Waals surface area (Å²) in [5, 5.41) is 11.1. The molecule has 0 aliphatic rings. The van der Waals surface area contributed by atoms with E-state index in [1.807, 2.05) is 24.4 Å². The van der Waals surface area contributed by atoms with Crippen molar-refractivity contribution in [2.45, 2.75) is 13.0 Å². The van der Waals surface area contributed by atoms with Crippen LogP contribution < -0.4 is 11.1 Å². The molecule has 0 aliphatic carbocycles. The maximum absolute atomic E-state index is 11.8. The number of hydrogen-bond donors (Lipinski definition) is 3. The Morgan fingerprint density at radius 2 is 2.50 bits per heavy atom. The number of H-pyrrole nitrogens is 1. The Kier molecular flexibility index (Phi) is 2.91. The Morgan fingerprint density at radius 3 is 3.06 bits per heavy atom. The molecule has 16 heavy (non-hydrogen) atoms. The lowest BCUT2D eigenvalue weighted by atomic mass is 10.2. The van der Waals surface area contributed by atoms with E-state index in [1.54, 1.807) is 11.3 Å². The fourth-order valence-electron chi connectivity index (χ4n) is 1.35. The first kappa shape index (κ1) is 10.7. The van der Waals surface area contributed by atoms with Gasteiger partial charge in [-0.15, -0.1) is 11.3 Å². The number of rotatable bonds is 3. The smallest absolute Gasteiger partial charge is 0.271 e. The van der Waals surface area contributed by atoms with Gasteiger partial charge < -0.3 is 11.1 Å². The standard InChI is InChI=1S/C10H12N4OS/c1-6(8-3-2-4-16-8)13-10(15)9-7(11)5-12-14-9/h2-6H,11H2,1H3,(H,12,14)(H,13,15). The summed E-state index contributed by atoms with van der Waals surface area (Å²) >= 11 is 1.60. The van der Waals surface area contributed by atoms with Crippen LogP contribution >= 0.6 is 11.3 Å². The van der Waals surface area contributed by atoms with Crippen LogP contribution in [0.2, 0.25) is 0 Å². The molecule has 2 aromatic rings. The summed E-state index contributed by atoms with van der Waals surface area (Å²) in [7, 11) is 0. The van der Waals surface area contributed by atoms with E-state index in [4.69, 9.17) is 5.73 Å². The van der Waals surface area contributed by atoms with Crippen molar-refractivity contribution in [2.24, 2.45) is 0 Å². The van der Waals surface area contributed by atoms with Gasteiger partial charge >= 0.3 is 0 Å². The molecular weight excluding hydrogens is 224 g/mol. The van der Waals surface area contributed by atoms with Gasteiger partial charge in [-0.3, -0.25) is 9.89 Å². The van der Waals surface area contributed by atoms with Gasteiger partial charge in [-0.05, 0) is 18.4 Å². The molecule has 0 aromatic carbocycles. The Morgan fingerprint density at radius 1 is 1.69 bits per heavy atom. The van der Waals surface area contributed by atoms with E-state index < -0.39 is 0 Å². The first-order valence-corrected chi connectivity index (χ1v) is 5.69. The van der Waals surface area contributed by atoms with Crippen LogP contribution in [0.3, 0.4) is 0 Å². The second-order valence-corrected chi connectivity index (χ2v) is 4.39. The highest BCUT2D eigenvalue weighted by molar-refractivity contribution is 7.10. The molecule has 1 atom stereocenters. The number of aromatic amines is 1. The molecule has 0 aliphatic heterocycles. The minimum atomic E-state index is -0.240. The molecular formula is C10H12N4OS. The molecule has 84 valence electrons. The van der Waals surface area contributed by atoms with E-state index in [0.29, 0.717) is 11.4 Å². The van der Waals surface area contributed by atoms with Crippen LogP contribution in [0, 0.1) is 0 Å². The van der Waals surface area contributed by atoms with Crippen LogP contribution in [-0.2, 0) is 0 Å². The fraction of sp³-hybridized carbons (Fsp3) is 0.200. The minimum absolute atomic E-state index is 0.0322. The molecule has 6 heteroatoms. The van der Waals surface area contributed by atoms with E-state index in [2.05, 4.69) is 15.5 Å². The molecule has 1 amide bonds. The van der Waals surface area contributed by atoms with Crippen LogP contribution in [0.25, 0.3) is 0 Å². The molecule has 4 N–H and O–H groups in total. The summed E-state index contributed by atoms with van der Waals surface area (Å²) in [6, 6.07) is 3.90. The highest BCUT2D eigenvalue weighted by Crippen LogP contribution is 2.18. The van der Waals surface area contributed by atoms with Crippen LogP contribution in [0.5, 0.6) is 0 Å². The SMILES string of the molecule is CC(NC(=O)c1[nH]ncc1N)c1cccs1. The number of nitrogen functional groups attached to an aromatic ring is 1. The number of nitrogens with zero attached hydrogens (tertiary/aromatic N) is 1. The lowest BCUT2D eigenvalue weighted by Crippen LogP contribution is -2.27. The zero-order valence-corrected chi connectivity index (χ0v) is 9.54. The average Bonchev–Trinajstić information content (AvgIpc) is 2.86. The third-order valence-electron chi connectivity index (χ3n) is 2.21. The van der Waals surface area contributed by atoms with E-state index >= 15 is 0 Å². The van der Waals surface area contributed by atoms with Crippen molar-refractivity contribution in [3.63, 3.8) is 0 Å². The molecule has 0 bridgehead atoms. The Labute approximate surface area is 96.7 Å². The van der Waals surface area contributed by atoms with Gasteiger partial charge in [0.15, 0.2) is 0 Å². The van der Waals surface area contributed by atoms with E-state index in [-0.39, 0.29) is 11.9 Å². The summed E-state index contributed by atoms with van der Waals surface area (Å²) in [5.74, 6) is -0.240. The first-order chi connectivity index (χ1) is 7.68. The van der Waals surface area contributed by atoms with Crippen LogP contribution in [0.1, 0.15) is 28.3 Å². The maximum atomic E-state index is 11.8. The second-order valence-electron chi connectivity index (χ2n) is 3.41. The van der Waals surface area contributed by atoms with Crippen molar-refractivity contribution in [1.82, 2.24) is 15.5 Å². The molecule has 2 heterocycles. The van der Waals surface area contributed by atoms with E-state index in [9.17, 15) is 4.79 Å². The van der Waals surface area contributed by atoms with Crippen molar-refractivity contribution < 1.29 is 4.79 Å². The maximum Gasteiger partial charge on any atom is 0.271 e. The number of aromatic nitrogens is 2. The van der Waals surface area contributed by atoms with Crippen LogP contribution in [0.15, 0.2) is 23.7 Å². The molecule has 5 nitrogen and oxygen atoms in total. The molecule has 0 radical (unpaired) electrons. The van der Waals surface area contributed by atoms with E-state index in [0.717, 1.165) is 4.88 Å². The lowest BCUT2D eigenvalue weighted by Gasteiger charge is -2.11. The highest BCUT2D eigenvalue weighted by Gasteiger charge is 2.15. The van der Waals surface area contributed by atoms with Crippen LogP contribution in [-0.4, -0.2) is 16.1 Å². The normalized spacial score (nSPS) is 12.3. The Balaban J connectivity index is 2.06. The topological polar surface area (TPSA) is 83.8 Å². The molecule has 0 fully saturated rings. The quantitative estimate of drug-likeness (QED) is 0.756. The zero-order valence-electron chi connectivity index (χ0n) is 8.73.